The van der Waals surface area contributed by atoms with Crippen molar-refractivity contribution in [3.8, 4) is 5.75 Å². The van der Waals surface area contributed by atoms with E-state index >= 15 is 0 Å². The summed E-state index contributed by atoms with van der Waals surface area (Å²) in [4.78, 5) is 17.8. The predicted molar refractivity (Wildman–Crippen MR) is 105 cm³/mol. The molecule has 0 unspecified atom stereocenters. The highest BCUT2D eigenvalue weighted by molar-refractivity contribution is 7.09. The molecule has 134 valence electrons. The largest absolute Gasteiger partial charge is 0.487 e. The zero-order valence-corrected chi connectivity index (χ0v) is 15.3. The number of hydrogen-bond donors (Lipinski definition) is 2. The summed E-state index contributed by atoms with van der Waals surface area (Å²) in [6.07, 6.45) is 3.19. The van der Waals surface area contributed by atoms with Crippen LogP contribution in [0.4, 0.5) is 5.69 Å². The second-order valence-electron chi connectivity index (χ2n) is 5.81. The van der Waals surface area contributed by atoms with Gasteiger partial charge in [0.25, 0.3) is 5.91 Å². The lowest BCUT2D eigenvalue weighted by Crippen LogP contribution is -2.33. The van der Waals surface area contributed by atoms with E-state index in [-0.39, 0.29) is 12.0 Å². The first-order valence-electron chi connectivity index (χ1n) is 8.42. The molecule has 2 N–H and O–H groups in total. The van der Waals surface area contributed by atoms with Crippen molar-refractivity contribution < 1.29 is 9.53 Å². The van der Waals surface area contributed by atoms with Gasteiger partial charge in [0, 0.05) is 23.3 Å². The maximum absolute atomic E-state index is 12.6. The highest BCUT2D eigenvalue weighted by Crippen LogP contribution is 2.18. The summed E-state index contributed by atoms with van der Waals surface area (Å²) in [6.45, 7) is 3.02. The van der Waals surface area contributed by atoms with Gasteiger partial charge in [0.1, 0.15) is 11.9 Å². The van der Waals surface area contributed by atoms with E-state index in [2.05, 4.69) is 21.7 Å². The number of pyridine rings is 1. The number of hydrogen-bond acceptors (Lipinski definition) is 5. The summed E-state index contributed by atoms with van der Waals surface area (Å²) in [6, 6.07) is 15.3. The number of anilines is 1. The standard InChI is InChI=1S/C20H21N3O2S/c1-15(25-16-6-4-10-21-13-16)12-23-20(24)18-8-2-3-9-19(18)22-14-17-7-5-11-26-17/h2-11,13,15,22H,12,14H2,1H3,(H,23,24)/t15-/m1/s1. The second kappa shape index (κ2) is 9.01. The summed E-state index contributed by atoms with van der Waals surface area (Å²) >= 11 is 1.69. The van der Waals surface area contributed by atoms with Crippen molar-refractivity contribution >= 4 is 22.9 Å². The Bertz CT molecular complexity index is 822. The van der Waals surface area contributed by atoms with E-state index in [1.807, 2.05) is 54.8 Å². The van der Waals surface area contributed by atoms with Gasteiger partial charge in [0.2, 0.25) is 0 Å². The van der Waals surface area contributed by atoms with Gasteiger partial charge in [-0.25, -0.2) is 0 Å². The molecule has 26 heavy (non-hydrogen) atoms. The Morgan fingerprint density at radius 2 is 2.08 bits per heavy atom. The Morgan fingerprint density at radius 1 is 1.19 bits per heavy atom. The Balaban J connectivity index is 1.55. The molecule has 0 aliphatic carbocycles. The molecule has 2 heterocycles. The lowest BCUT2D eigenvalue weighted by molar-refractivity contribution is 0.0933. The molecule has 0 saturated heterocycles. The molecule has 0 aliphatic heterocycles. The molecule has 2 aromatic heterocycles. The Hall–Kier alpha value is -2.86. The predicted octanol–water partition coefficient (Wildman–Crippen LogP) is 3.95. The minimum absolute atomic E-state index is 0.124. The molecule has 6 heteroatoms. The van der Waals surface area contributed by atoms with E-state index < -0.39 is 0 Å². The van der Waals surface area contributed by atoms with Crippen LogP contribution < -0.4 is 15.4 Å². The molecule has 0 fully saturated rings. The highest BCUT2D eigenvalue weighted by atomic mass is 32.1. The lowest BCUT2D eigenvalue weighted by atomic mass is 10.1. The zero-order chi connectivity index (χ0) is 18.2. The summed E-state index contributed by atoms with van der Waals surface area (Å²) in [7, 11) is 0. The van der Waals surface area contributed by atoms with Crippen LogP contribution in [0.3, 0.4) is 0 Å². The molecule has 3 rings (SSSR count). The average molecular weight is 367 g/mol. The van der Waals surface area contributed by atoms with E-state index in [4.69, 9.17) is 4.74 Å². The van der Waals surface area contributed by atoms with Crippen LogP contribution in [0.1, 0.15) is 22.2 Å². The topological polar surface area (TPSA) is 63.2 Å². The third kappa shape index (κ3) is 5.07. The van der Waals surface area contributed by atoms with Crippen molar-refractivity contribution in [2.45, 2.75) is 19.6 Å². The lowest BCUT2D eigenvalue weighted by Gasteiger charge is -2.16. The van der Waals surface area contributed by atoms with E-state index in [1.54, 1.807) is 23.7 Å². The molecule has 0 aliphatic rings. The van der Waals surface area contributed by atoms with Crippen LogP contribution in [-0.2, 0) is 6.54 Å². The third-order valence-corrected chi connectivity index (χ3v) is 4.60. The van der Waals surface area contributed by atoms with Gasteiger partial charge in [-0.05, 0) is 42.6 Å². The molecule has 0 spiro atoms. The monoisotopic (exact) mass is 367 g/mol. The quantitative estimate of drug-likeness (QED) is 0.633. The summed E-state index contributed by atoms with van der Waals surface area (Å²) in [5.41, 5.74) is 1.44. The van der Waals surface area contributed by atoms with E-state index in [1.165, 1.54) is 4.88 Å². The fourth-order valence-electron chi connectivity index (χ4n) is 2.45. The number of carbonyl (C=O) groups excluding carboxylic acids is 1. The van der Waals surface area contributed by atoms with Gasteiger partial charge in [-0.15, -0.1) is 11.3 Å². The van der Waals surface area contributed by atoms with Gasteiger partial charge in [-0.2, -0.15) is 0 Å². The maximum atomic E-state index is 12.6. The van der Waals surface area contributed by atoms with Crippen molar-refractivity contribution in [2.24, 2.45) is 0 Å². The van der Waals surface area contributed by atoms with Crippen molar-refractivity contribution in [3.63, 3.8) is 0 Å². The second-order valence-corrected chi connectivity index (χ2v) is 6.84. The van der Waals surface area contributed by atoms with Crippen LogP contribution >= 0.6 is 11.3 Å². The van der Waals surface area contributed by atoms with Crippen molar-refractivity contribution in [3.05, 3.63) is 76.7 Å². The van der Waals surface area contributed by atoms with E-state index in [0.29, 0.717) is 24.4 Å². The van der Waals surface area contributed by atoms with Crippen LogP contribution in [0.15, 0.2) is 66.3 Å². The highest BCUT2D eigenvalue weighted by Gasteiger charge is 2.12. The number of amides is 1. The molecule has 0 radical (unpaired) electrons. The van der Waals surface area contributed by atoms with Crippen LogP contribution in [0, 0.1) is 0 Å². The number of aromatic nitrogens is 1. The van der Waals surface area contributed by atoms with Gasteiger partial charge >= 0.3 is 0 Å². The SMILES string of the molecule is C[C@H](CNC(=O)c1ccccc1NCc1cccs1)Oc1cccnc1. The van der Waals surface area contributed by atoms with E-state index in [9.17, 15) is 4.79 Å². The minimum atomic E-state index is -0.158. The molecule has 0 saturated carbocycles. The first-order chi connectivity index (χ1) is 12.7. The fourth-order valence-corrected chi connectivity index (χ4v) is 3.10. The summed E-state index contributed by atoms with van der Waals surface area (Å²) in [5.74, 6) is 0.563. The van der Waals surface area contributed by atoms with Gasteiger partial charge in [0.05, 0.1) is 18.3 Å². The van der Waals surface area contributed by atoms with Crippen molar-refractivity contribution in [1.82, 2.24) is 10.3 Å². The van der Waals surface area contributed by atoms with Gasteiger partial charge in [0.15, 0.2) is 0 Å². The third-order valence-electron chi connectivity index (χ3n) is 3.73. The normalized spacial score (nSPS) is 11.6. The Labute approximate surface area is 157 Å². The first-order valence-corrected chi connectivity index (χ1v) is 9.30. The van der Waals surface area contributed by atoms with Gasteiger partial charge in [-0.3, -0.25) is 9.78 Å². The average Bonchev–Trinajstić information content (AvgIpc) is 3.19. The molecular weight excluding hydrogens is 346 g/mol. The number of benzene rings is 1. The Kier molecular flexibility index (Phi) is 6.22. The summed E-state index contributed by atoms with van der Waals surface area (Å²) in [5, 5.41) is 8.31. The molecule has 0 bridgehead atoms. The number of para-hydroxylation sites is 1. The Morgan fingerprint density at radius 3 is 2.85 bits per heavy atom. The van der Waals surface area contributed by atoms with Crippen molar-refractivity contribution in [1.29, 1.82) is 0 Å². The molecule has 1 aromatic carbocycles. The number of ether oxygens (including phenoxy) is 1. The van der Waals surface area contributed by atoms with Crippen LogP contribution in [0.5, 0.6) is 5.75 Å². The van der Waals surface area contributed by atoms with Gasteiger partial charge < -0.3 is 15.4 Å². The number of rotatable bonds is 8. The molecule has 5 nitrogen and oxygen atoms in total. The molecule has 3 aromatic rings. The molecular formula is C20H21N3O2S. The first kappa shape index (κ1) is 17.9. The summed E-state index contributed by atoms with van der Waals surface area (Å²) < 4.78 is 5.74. The number of carbonyl (C=O) groups is 1. The maximum Gasteiger partial charge on any atom is 0.253 e. The number of thiophene rings is 1. The van der Waals surface area contributed by atoms with E-state index in [0.717, 1.165) is 5.69 Å². The zero-order valence-electron chi connectivity index (χ0n) is 14.5. The fraction of sp³-hybridized carbons (Fsp3) is 0.200. The minimum Gasteiger partial charge on any atom is -0.487 e. The smallest absolute Gasteiger partial charge is 0.253 e. The van der Waals surface area contributed by atoms with Crippen LogP contribution in [0.25, 0.3) is 0 Å². The van der Waals surface area contributed by atoms with Crippen molar-refractivity contribution in [2.75, 3.05) is 11.9 Å². The molecule has 1 amide bonds. The van der Waals surface area contributed by atoms with Crippen LogP contribution in [-0.4, -0.2) is 23.5 Å². The van der Waals surface area contributed by atoms with Gasteiger partial charge in [-0.1, -0.05) is 18.2 Å². The molecule has 1 atom stereocenters. The number of nitrogens with one attached hydrogen (secondary N) is 2. The van der Waals surface area contributed by atoms with Crippen LogP contribution in [0.2, 0.25) is 0 Å². The number of nitrogens with zero attached hydrogens (tertiary/aromatic N) is 1.